The number of nitrogens with zero attached hydrogens (tertiary/aromatic N) is 1. The molecule has 9 nitrogen and oxygen atoms in total. The van der Waals surface area contributed by atoms with Crippen LogP contribution in [0, 0.1) is 0 Å². The molecule has 2 aromatic rings. The molecule has 0 N–H and O–H groups in total. The van der Waals surface area contributed by atoms with E-state index in [0.717, 1.165) is 0 Å². The molecule has 0 spiro atoms. The average molecular weight is 564 g/mol. The Hall–Kier alpha value is -3.11. The van der Waals surface area contributed by atoms with Crippen molar-refractivity contribution < 1.29 is 38.1 Å². The number of carbonyl (C=O) groups is 3. The fourth-order valence-corrected chi connectivity index (χ4v) is 4.99. The van der Waals surface area contributed by atoms with Gasteiger partial charge in [0, 0.05) is 28.9 Å². The zero-order valence-electron chi connectivity index (χ0n) is 21.2. The highest BCUT2D eigenvalue weighted by atomic mass is 79.9. The van der Waals surface area contributed by atoms with E-state index in [1.807, 2.05) is 7.05 Å². The number of likely N-dealkylation sites (N-methyl/N-ethyl adjacent to an activating group) is 1. The van der Waals surface area contributed by atoms with Gasteiger partial charge in [-0.05, 0) is 61.1 Å². The lowest BCUT2D eigenvalue weighted by molar-refractivity contribution is -0.142. The van der Waals surface area contributed by atoms with Crippen LogP contribution in [-0.2, 0) is 9.53 Å². The maximum absolute atomic E-state index is 13.4. The largest absolute Gasteiger partial charge is 0.497 e. The molecule has 0 saturated carbocycles. The minimum Gasteiger partial charge on any atom is -0.497 e. The molecule has 1 fully saturated rings. The molecule has 3 rings (SSSR count). The van der Waals surface area contributed by atoms with Crippen LogP contribution >= 0.6 is 15.9 Å². The summed E-state index contributed by atoms with van der Waals surface area (Å²) in [4.78, 5) is 39.8. The number of ether oxygens (including phenoxy) is 5. The first kappa shape index (κ1) is 27.5. The number of rotatable bonds is 9. The van der Waals surface area contributed by atoms with Crippen molar-refractivity contribution in [2.75, 3.05) is 41.5 Å². The van der Waals surface area contributed by atoms with Gasteiger partial charge in [-0.1, -0.05) is 0 Å². The summed E-state index contributed by atoms with van der Waals surface area (Å²) in [5.41, 5.74) is 0.924. The monoisotopic (exact) mass is 563 g/mol. The first-order valence-corrected chi connectivity index (χ1v) is 12.1. The lowest BCUT2D eigenvalue weighted by atomic mass is 9.87. The molecule has 0 radical (unpaired) electrons. The van der Waals surface area contributed by atoms with Crippen LogP contribution in [0.15, 0.2) is 28.7 Å². The number of ketones is 1. The van der Waals surface area contributed by atoms with Gasteiger partial charge in [-0.15, -0.1) is 0 Å². The number of methoxy groups -OCH3 is 3. The third-order valence-corrected chi connectivity index (χ3v) is 6.94. The molecule has 0 bridgehead atoms. The molecular weight excluding hydrogens is 534 g/mol. The lowest BCUT2D eigenvalue weighted by Gasteiger charge is -2.28. The zero-order valence-corrected chi connectivity index (χ0v) is 22.8. The van der Waals surface area contributed by atoms with Gasteiger partial charge in [0.2, 0.25) is 0 Å². The molecule has 1 aliphatic heterocycles. The first-order chi connectivity index (χ1) is 17.1. The highest BCUT2D eigenvalue weighted by molar-refractivity contribution is 9.10. The summed E-state index contributed by atoms with van der Waals surface area (Å²) in [6, 6.07) is 6.26. The van der Waals surface area contributed by atoms with Crippen LogP contribution in [0.2, 0.25) is 0 Å². The van der Waals surface area contributed by atoms with E-state index < -0.39 is 11.9 Å². The van der Waals surface area contributed by atoms with Gasteiger partial charge in [0.25, 0.3) is 0 Å². The molecule has 36 heavy (non-hydrogen) atoms. The van der Waals surface area contributed by atoms with Crippen LogP contribution in [-0.4, -0.2) is 70.2 Å². The molecule has 1 saturated heterocycles. The van der Waals surface area contributed by atoms with Gasteiger partial charge in [0.1, 0.15) is 29.4 Å². The molecule has 0 aliphatic carbocycles. The third-order valence-electron chi connectivity index (χ3n) is 6.28. The molecule has 1 aliphatic rings. The van der Waals surface area contributed by atoms with Crippen LogP contribution in [0.3, 0.4) is 0 Å². The Bertz CT molecular complexity index is 1170. The SMILES string of the molecule is COc1ccc(C(=O)Oc2c(C(C)=O)c(OC)cc(OC)c2[C@@H]2CCN(C)[C@H]2COC(C)=O)c(Br)c1. The summed E-state index contributed by atoms with van der Waals surface area (Å²) in [6.07, 6.45) is 0.666. The second-order valence-corrected chi connectivity index (χ2v) is 9.29. The number of halogens is 1. The predicted octanol–water partition coefficient (Wildman–Crippen LogP) is 4.25. The zero-order chi connectivity index (χ0) is 26.6. The summed E-state index contributed by atoms with van der Waals surface area (Å²) in [7, 11) is 6.38. The van der Waals surface area contributed by atoms with Gasteiger partial charge >= 0.3 is 11.9 Å². The van der Waals surface area contributed by atoms with Gasteiger partial charge in [-0.25, -0.2) is 4.79 Å². The number of carbonyl (C=O) groups excluding carboxylic acids is 3. The van der Waals surface area contributed by atoms with E-state index in [1.54, 1.807) is 24.3 Å². The van der Waals surface area contributed by atoms with Crippen LogP contribution in [0.5, 0.6) is 23.0 Å². The Labute approximate surface area is 218 Å². The number of Topliss-reactive ketones (excluding diaryl/α,β-unsaturated/α-hetero) is 1. The Morgan fingerprint density at radius 1 is 1.03 bits per heavy atom. The fraction of sp³-hybridized carbons (Fsp3) is 0.423. The summed E-state index contributed by atoms with van der Waals surface area (Å²) >= 11 is 3.39. The topological polar surface area (TPSA) is 101 Å². The number of esters is 2. The summed E-state index contributed by atoms with van der Waals surface area (Å²) in [6.45, 7) is 3.58. The van der Waals surface area contributed by atoms with E-state index in [2.05, 4.69) is 20.8 Å². The maximum atomic E-state index is 13.4. The summed E-state index contributed by atoms with van der Waals surface area (Å²) in [5, 5.41) is 0. The van der Waals surface area contributed by atoms with E-state index in [9.17, 15) is 14.4 Å². The van der Waals surface area contributed by atoms with Gasteiger partial charge in [0.05, 0.1) is 32.9 Å². The van der Waals surface area contributed by atoms with Crippen molar-refractivity contribution in [3.63, 3.8) is 0 Å². The second-order valence-electron chi connectivity index (χ2n) is 8.44. The van der Waals surface area contributed by atoms with Crippen LogP contribution in [0.1, 0.15) is 52.5 Å². The normalized spacial score (nSPS) is 17.4. The van der Waals surface area contributed by atoms with Crippen molar-refractivity contribution in [1.82, 2.24) is 4.90 Å². The Morgan fingerprint density at radius 3 is 2.28 bits per heavy atom. The van der Waals surface area contributed by atoms with Crippen molar-refractivity contribution in [3.8, 4) is 23.0 Å². The van der Waals surface area contributed by atoms with Crippen LogP contribution in [0.4, 0.5) is 0 Å². The smallest absolute Gasteiger partial charge is 0.344 e. The molecule has 194 valence electrons. The van der Waals surface area contributed by atoms with Gasteiger partial charge in [-0.2, -0.15) is 0 Å². The first-order valence-electron chi connectivity index (χ1n) is 11.3. The molecule has 0 unspecified atom stereocenters. The fourth-order valence-electron chi connectivity index (χ4n) is 4.47. The minimum atomic E-state index is -0.675. The highest BCUT2D eigenvalue weighted by Gasteiger charge is 2.40. The van der Waals surface area contributed by atoms with E-state index in [4.69, 9.17) is 23.7 Å². The Kier molecular flexibility index (Phi) is 8.97. The summed E-state index contributed by atoms with van der Waals surface area (Å²) in [5.74, 6) is -0.397. The quantitative estimate of drug-likeness (QED) is 0.252. The molecule has 2 atom stereocenters. The molecular formula is C26H30BrNO8. The van der Waals surface area contributed by atoms with E-state index in [-0.39, 0.29) is 47.0 Å². The average Bonchev–Trinajstić information content (AvgIpc) is 3.20. The third kappa shape index (κ3) is 5.65. The molecule has 0 aromatic heterocycles. The second kappa shape index (κ2) is 11.7. The van der Waals surface area contributed by atoms with Crippen molar-refractivity contribution in [1.29, 1.82) is 0 Å². The van der Waals surface area contributed by atoms with Crippen molar-refractivity contribution in [3.05, 3.63) is 45.4 Å². The molecule has 2 aromatic carbocycles. The molecule has 0 amide bonds. The van der Waals surface area contributed by atoms with Gasteiger partial charge < -0.3 is 23.7 Å². The number of hydrogen-bond donors (Lipinski definition) is 0. The van der Waals surface area contributed by atoms with Crippen LogP contribution < -0.4 is 18.9 Å². The minimum absolute atomic E-state index is 0.0690. The Morgan fingerprint density at radius 2 is 1.72 bits per heavy atom. The number of hydrogen-bond acceptors (Lipinski definition) is 9. The molecule has 1 heterocycles. The van der Waals surface area contributed by atoms with Crippen LogP contribution in [0.25, 0.3) is 0 Å². The maximum Gasteiger partial charge on any atom is 0.344 e. The van der Waals surface area contributed by atoms with Crippen molar-refractivity contribution in [2.24, 2.45) is 0 Å². The van der Waals surface area contributed by atoms with Gasteiger partial charge in [-0.3, -0.25) is 14.5 Å². The standard InChI is InChI=1S/C26H30BrNO8/c1-14(29)23-21(33-5)12-22(34-6)24(18-9-10-28(3)20(18)13-35-15(2)30)25(23)36-26(31)17-8-7-16(32-4)11-19(17)27/h7-8,11-12,18,20H,9-10,13H2,1-6H3/t18-,20+/m1/s1. The number of likely N-dealkylation sites (tertiary alicyclic amines) is 1. The lowest BCUT2D eigenvalue weighted by Crippen LogP contribution is -2.34. The van der Waals surface area contributed by atoms with Gasteiger partial charge in [0.15, 0.2) is 11.5 Å². The van der Waals surface area contributed by atoms with E-state index >= 15 is 0 Å². The number of benzene rings is 2. The highest BCUT2D eigenvalue weighted by Crippen LogP contribution is 2.48. The van der Waals surface area contributed by atoms with E-state index in [1.165, 1.54) is 35.2 Å². The predicted molar refractivity (Wildman–Crippen MR) is 136 cm³/mol. The van der Waals surface area contributed by atoms with Crippen molar-refractivity contribution >= 4 is 33.7 Å². The van der Waals surface area contributed by atoms with E-state index in [0.29, 0.717) is 34.5 Å². The summed E-state index contributed by atoms with van der Waals surface area (Å²) < 4.78 is 28.2. The Balaban J connectivity index is 2.19. The van der Waals surface area contributed by atoms with Crippen molar-refractivity contribution in [2.45, 2.75) is 32.2 Å². The molecule has 10 heteroatoms.